The largest absolute Gasteiger partial charge is 0.382 e. The fourth-order valence-corrected chi connectivity index (χ4v) is 3.50. The molecular formula is C18H16FN5O2S. The number of halogens is 1. The first-order valence-electron chi connectivity index (χ1n) is 7.93. The van der Waals surface area contributed by atoms with E-state index >= 15 is 0 Å². The summed E-state index contributed by atoms with van der Waals surface area (Å²) in [6.07, 6.45) is 3.01. The number of thiazole rings is 1. The Morgan fingerprint density at radius 3 is 2.37 bits per heavy atom. The Bertz CT molecular complexity index is 975. The van der Waals surface area contributed by atoms with E-state index in [0.29, 0.717) is 16.4 Å². The van der Waals surface area contributed by atoms with Gasteiger partial charge in [0.15, 0.2) is 5.13 Å². The SMILES string of the molecule is CC(C(N)=O)N(c1ccc(F)cc1)c1nc(N)c(C(=O)c2ccncc2)s1. The van der Waals surface area contributed by atoms with Crippen molar-refractivity contribution in [1.29, 1.82) is 0 Å². The smallest absolute Gasteiger partial charge is 0.240 e. The molecule has 1 atom stereocenters. The highest BCUT2D eigenvalue weighted by atomic mass is 32.1. The lowest BCUT2D eigenvalue weighted by atomic mass is 10.1. The van der Waals surface area contributed by atoms with Crippen LogP contribution < -0.4 is 16.4 Å². The van der Waals surface area contributed by atoms with E-state index in [1.165, 1.54) is 41.6 Å². The number of hydrogen-bond acceptors (Lipinski definition) is 7. The number of nitrogens with zero attached hydrogens (tertiary/aromatic N) is 3. The van der Waals surface area contributed by atoms with Crippen LogP contribution in [0.25, 0.3) is 0 Å². The molecule has 0 aliphatic rings. The molecular weight excluding hydrogens is 369 g/mol. The van der Waals surface area contributed by atoms with Gasteiger partial charge in [-0.1, -0.05) is 11.3 Å². The number of aromatic nitrogens is 2. The third-order valence-electron chi connectivity index (χ3n) is 3.90. The fourth-order valence-electron chi connectivity index (χ4n) is 2.45. The average molecular weight is 385 g/mol. The predicted octanol–water partition coefficient (Wildman–Crippen LogP) is 2.50. The second-order valence-corrected chi connectivity index (χ2v) is 6.68. The third-order valence-corrected chi connectivity index (χ3v) is 4.97. The number of anilines is 3. The number of amides is 1. The maximum atomic E-state index is 13.3. The molecule has 0 saturated heterocycles. The molecule has 2 heterocycles. The molecule has 7 nitrogen and oxygen atoms in total. The van der Waals surface area contributed by atoms with Crippen LogP contribution in [0.1, 0.15) is 22.2 Å². The molecule has 1 unspecified atom stereocenters. The van der Waals surface area contributed by atoms with Crippen LogP contribution in [0.4, 0.5) is 21.0 Å². The van der Waals surface area contributed by atoms with Gasteiger partial charge in [0.2, 0.25) is 11.7 Å². The van der Waals surface area contributed by atoms with Gasteiger partial charge in [-0.3, -0.25) is 14.6 Å². The molecule has 138 valence electrons. The average Bonchev–Trinajstić information content (AvgIpc) is 3.04. The lowest BCUT2D eigenvalue weighted by Crippen LogP contribution is -2.39. The van der Waals surface area contributed by atoms with E-state index in [0.717, 1.165) is 11.3 Å². The standard InChI is InChI=1S/C18H16FN5O2S/c1-10(17(21)26)24(13-4-2-12(19)3-5-13)18-23-16(20)15(27-18)14(25)11-6-8-22-9-7-11/h2-10H,20H2,1H3,(H2,21,26). The number of primary amides is 1. The second-order valence-electron chi connectivity index (χ2n) is 5.70. The van der Waals surface area contributed by atoms with Gasteiger partial charge in [0, 0.05) is 23.6 Å². The maximum absolute atomic E-state index is 13.3. The summed E-state index contributed by atoms with van der Waals surface area (Å²) in [5.74, 6) is -1.28. The molecule has 0 bridgehead atoms. The van der Waals surface area contributed by atoms with E-state index < -0.39 is 17.8 Å². The minimum atomic E-state index is -0.787. The Kier molecular flexibility index (Phi) is 5.13. The summed E-state index contributed by atoms with van der Waals surface area (Å²) in [4.78, 5) is 34.4. The molecule has 0 radical (unpaired) electrons. The van der Waals surface area contributed by atoms with E-state index in [-0.39, 0.29) is 16.5 Å². The summed E-state index contributed by atoms with van der Waals surface area (Å²) < 4.78 is 13.3. The zero-order chi connectivity index (χ0) is 19.6. The van der Waals surface area contributed by atoms with Gasteiger partial charge in [-0.05, 0) is 43.3 Å². The van der Waals surface area contributed by atoms with Crippen LogP contribution in [0, 0.1) is 5.82 Å². The molecule has 1 amide bonds. The van der Waals surface area contributed by atoms with Crippen molar-refractivity contribution in [1.82, 2.24) is 9.97 Å². The van der Waals surface area contributed by atoms with Crippen LogP contribution in [-0.2, 0) is 4.79 Å². The van der Waals surface area contributed by atoms with Crippen molar-refractivity contribution in [2.75, 3.05) is 10.6 Å². The quantitative estimate of drug-likeness (QED) is 0.630. The Balaban J connectivity index is 2.04. The van der Waals surface area contributed by atoms with Crippen LogP contribution >= 0.6 is 11.3 Å². The van der Waals surface area contributed by atoms with Crippen LogP contribution in [0.2, 0.25) is 0 Å². The van der Waals surface area contributed by atoms with Gasteiger partial charge in [0.05, 0.1) is 0 Å². The van der Waals surface area contributed by atoms with Crippen molar-refractivity contribution in [3.05, 3.63) is 65.0 Å². The molecule has 0 aliphatic carbocycles. The summed E-state index contributed by atoms with van der Waals surface area (Å²) in [7, 11) is 0. The molecule has 1 aromatic carbocycles. The molecule has 4 N–H and O–H groups in total. The lowest BCUT2D eigenvalue weighted by Gasteiger charge is -2.26. The topological polar surface area (TPSA) is 115 Å². The first-order valence-corrected chi connectivity index (χ1v) is 8.75. The number of hydrogen-bond donors (Lipinski definition) is 2. The number of nitrogen functional groups attached to an aromatic ring is 1. The summed E-state index contributed by atoms with van der Waals surface area (Å²) in [5.41, 5.74) is 12.3. The first-order chi connectivity index (χ1) is 12.9. The molecule has 0 spiro atoms. The Morgan fingerprint density at radius 2 is 1.78 bits per heavy atom. The summed E-state index contributed by atoms with van der Waals surface area (Å²) >= 11 is 1.03. The number of rotatable bonds is 6. The predicted molar refractivity (Wildman–Crippen MR) is 101 cm³/mol. The van der Waals surface area contributed by atoms with Gasteiger partial charge in [0.25, 0.3) is 0 Å². The monoisotopic (exact) mass is 385 g/mol. The molecule has 0 saturated carbocycles. The van der Waals surface area contributed by atoms with Crippen molar-refractivity contribution in [2.24, 2.45) is 5.73 Å². The maximum Gasteiger partial charge on any atom is 0.240 e. The first kappa shape index (κ1) is 18.5. The van der Waals surface area contributed by atoms with Gasteiger partial charge < -0.3 is 16.4 Å². The van der Waals surface area contributed by atoms with Crippen LogP contribution in [0.15, 0.2) is 48.8 Å². The fraction of sp³-hybridized carbons (Fsp3) is 0.111. The summed E-state index contributed by atoms with van der Waals surface area (Å²) in [6.45, 7) is 1.59. The lowest BCUT2D eigenvalue weighted by molar-refractivity contribution is -0.118. The van der Waals surface area contributed by atoms with Crippen LogP contribution in [0.3, 0.4) is 0 Å². The third kappa shape index (κ3) is 3.77. The van der Waals surface area contributed by atoms with Gasteiger partial charge in [0.1, 0.15) is 22.6 Å². The number of carbonyl (C=O) groups is 2. The van der Waals surface area contributed by atoms with E-state index in [1.54, 1.807) is 19.1 Å². The Labute approximate surface area is 158 Å². The molecule has 0 aliphatic heterocycles. The Morgan fingerprint density at radius 1 is 1.15 bits per heavy atom. The number of carbonyl (C=O) groups excluding carboxylic acids is 2. The molecule has 0 fully saturated rings. The number of nitrogens with two attached hydrogens (primary N) is 2. The normalized spacial score (nSPS) is 11.8. The minimum Gasteiger partial charge on any atom is -0.382 e. The van der Waals surface area contributed by atoms with Crippen LogP contribution in [-0.4, -0.2) is 27.7 Å². The van der Waals surface area contributed by atoms with E-state index in [4.69, 9.17) is 11.5 Å². The number of benzene rings is 1. The highest BCUT2D eigenvalue weighted by Crippen LogP contribution is 2.35. The van der Waals surface area contributed by atoms with Crippen molar-refractivity contribution in [3.8, 4) is 0 Å². The van der Waals surface area contributed by atoms with Crippen molar-refractivity contribution < 1.29 is 14.0 Å². The van der Waals surface area contributed by atoms with Gasteiger partial charge in [-0.25, -0.2) is 9.37 Å². The van der Waals surface area contributed by atoms with E-state index in [1.807, 2.05) is 0 Å². The highest BCUT2D eigenvalue weighted by molar-refractivity contribution is 7.18. The number of ketones is 1. The molecule has 9 heteroatoms. The van der Waals surface area contributed by atoms with E-state index in [9.17, 15) is 14.0 Å². The van der Waals surface area contributed by atoms with Gasteiger partial charge in [-0.15, -0.1) is 0 Å². The highest BCUT2D eigenvalue weighted by Gasteiger charge is 2.27. The van der Waals surface area contributed by atoms with Crippen molar-refractivity contribution in [3.63, 3.8) is 0 Å². The molecule has 3 rings (SSSR count). The second kappa shape index (κ2) is 7.50. The molecule has 27 heavy (non-hydrogen) atoms. The van der Waals surface area contributed by atoms with Gasteiger partial charge >= 0.3 is 0 Å². The zero-order valence-electron chi connectivity index (χ0n) is 14.3. The Hall–Kier alpha value is -3.33. The molecule has 3 aromatic rings. The van der Waals surface area contributed by atoms with Crippen molar-refractivity contribution >= 4 is 39.7 Å². The summed E-state index contributed by atoms with van der Waals surface area (Å²) in [5, 5.41) is 0.308. The van der Waals surface area contributed by atoms with Crippen LogP contribution in [0.5, 0.6) is 0 Å². The number of pyridine rings is 1. The van der Waals surface area contributed by atoms with E-state index in [2.05, 4.69) is 9.97 Å². The minimum absolute atomic E-state index is 0.0422. The summed E-state index contributed by atoms with van der Waals surface area (Å²) in [6, 6.07) is 7.87. The van der Waals surface area contributed by atoms with Gasteiger partial charge in [-0.2, -0.15) is 0 Å². The van der Waals surface area contributed by atoms with Crippen molar-refractivity contribution in [2.45, 2.75) is 13.0 Å². The molecule has 2 aromatic heterocycles. The zero-order valence-corrected chi connectivity index (χ0v) is 15.1.